The lowest BCUT2D eigenvalue weighted by molar-refractivity contribution is -0.0250. The Labute approximate surface area is 93.5 Å². The molecular weight excluding hydrogens is 242 g/mol. The third-order valence-corrected chi connectivity index (χ3v) is 2.78. The first kappa shape index (κ1) is 11.7. The quantitative estimate of drug-likeness (QED) is 0.842. The summed E-state index contributed by atoms with van der Waals surface area (Å²) in [5.41, 5.74) is 1.06. The lowest BCUT2D eigenvalue weighted by Crippen LogP contribution is -2.28. The molecule has 1 aromatic carbocycles. The first-order valence-corrected chi connectivity index (χ1v) is 5.45. The SMILES string of the molecule is CC(C)(CCc1ccc(Br)cc1)ON. The van der Waals surface area contributed by atoms with Crippen molar-refractivity contribution >= 4 is 15.9 Å². The summed E-state index contributed by atoms with van der Waals surface area (Å²) in [6.45, 7) is 3.98. The van der Waals surface area contributed by atoms with E-state index < -0.39 is 0 Å². The van der Waals surface area contributed by atoms with Gasteiger partial charge in [0, 0.05) is 4.47 Å². The van der Waals surface area contributed by atoms with Gasteiger partial charge in [-0.25, -0.2) is 5.90 Å². The summed E-state index contributed by atoms with van der Waals surface area (Å²) in [5.74, 6) is 5.19. The highest BCUT2D eigenvalue weighted by molar-refractivity contribution is 9.10. The Morgan fingerprint density at radius 2 is 1.86 bits per heavy atom. The van der Waals surface area contributed by atoms with Crippen molar-refractivity contribution in [1.82, 2.24) is 0 Å². The van der Waals surface area contributed by atoms with Crippen LogP contribution in [0.25, 0.3) is 0 Å². The highest BCUT2D eigenvalue weighted by atomic mass is 79.9. The first-order valence-electron chi connectivity index (χ1n) is 4.66. The summed E-state index contributed by atoms with van der Waals surface area (Å²) in [7, 11) is 0. The van der Waals surface area contributed by atoms with Crippen LogP contribution >= 0.6 is 15.9 Å². The largest absolute Gasteiger partial charge is 0.299 e. The van der Waals surface area contributed by atoms with Crippen molar-refractivity contribution in [3.8, 4) is 0 Å². The summed E-state index contributed by atoms with van der Waals surface area (Å²) in [6.07, 6.45) is 1.91. The third kappa shape index (κ3) is 3.78. The van der Waals surface area contributed by atoms with Gasteiger partial charge in [0.15, 0.2) is 0 Å². The van der Waals surface area contributed by atoms with Crippen molar-refractivity contribution in [2.75, 3.05) is 0 Å². The van der Waals surface area contributed by atoms with E-state index in [9.17, 15) is 0 Å². The number of rotatable bonds is 4. The normalized spacial score (nSPS) is 11.7. The molecule has 0 heterocycles. The van der Waals surface area contributed by atoms with Gasteiger partial charge in [0.2, 0.25) is 0 Å². The number of nitrogens with two attached hydrogens (primary N) is 1. The molecule has 0 aliphatic rings. The maximum Gasteiger partial charge on any atom is 0.0841 e. The molecule has 78 valence electrons. The zero-order chi connectivity index (χ0) is 10.6. The van der Waals surface area contributed by atoms with Crippen molar-refractivity contribution in [1.29, 1.82) is 0 Å². The van der Waals surface area contributed by atoms with Crippen LogP contribution in [0.3, 0.4) is 0 Å². The van der Waals surface area contributed by atoms with Crippen molar-refractivity contribution in [2.24, 2.45) is 5.90 Å². The molecule has 0 spiro atoms. The van der Waals surface area contributed by atoms with E-state index in [1.807, 2.05) is 26.0 Å². The third-order valence-electron chi connectivity index (χ3n) is 2.25. The van der Waals surface area contributed by atoms with Gasteiger partial charge in [-0.1, -0.05) is 28.1 Å². The Kier molecular flexibility index (Phi) is 4.11. The fourth-order valence-electron chi connectivity index (χ4n) is 1.16. The van der Waals surface area contributed by atoms with Crippen LogP contribution < -0.4 is 5.90 Å². The smallest absolute Gasteiger partial charge is 0.0841 e. The predicted molar refractivity (Wildman–Crippen MR) is 61.8 cm³/mol. The van der Waals surface area contributed by atoms with Crippen LogP contribution in [0, 0.1) is 0 Å². The number of hydrogen-bond acceptors (Lipinski definition) is 2. The zero-order valence-electron chi connectivity index (χ0n) is 8.59. The van der Waals surface area contributed by atoms with Crippen LogP contribution in [-0.4, -0.2) is 5.60 Å². The summed E-state index contributed by atoms with van der Waals surface area (Å²) < 4.78 is 1.11. The van der Waals surface area contributed by atoms with Crippen LogP contribution in [0.4, 0.5) is 0 Å². The van der Waals surface area contributed by atoms with Crippen molar-refractivity contribution in [3.05, 3.63) is 34.3 Å². The second-order valence-corrected chi connectivity index (χ2v) is 4.92. The molecule has 0 aromatic heterocycles. The van der Waals surface area contributed by atoms with Crippen molar-refractivity contribution < 1.29 is 4.84 Å². The molecule has 14 heavy (non-hydrogen) atoms. The summed E-state index contributed by atoms with van der Waals surface area (Å²) in [4.78, 5) is 4.87. The van der Waals surface area contributed by atoms with Crippen LogP contribution in [0.1, 0.15) is 25.8 Å². The highest BCUT2D eigenvalue weighted by Gasteiger charge is 2.16. The average molecular weight is 258 g/mol. The fraction of sp³-hybridized carbons (Fsp3) is 0.455. The Morgan fingerprint density at radius 3 is 2.36 bits per heavy atom. The lowest BCUT2D eigenvalue weighted by atomic mass is 9.99. The Morgan fingerprint density at radius 1 is 1.29 bits per heavy atom. The van der Waals surface area contributed by atoms with Gasteiger partial charge in [-0.2, -0.15) is 0 Å². The second-order valence-electron chi connectivity index (χ2n) is 4.00. The molecule has 0 bridgehead atoms. The average Bonchev–Trinajstić information content (AvgIpc) is 2.17. The molecule has 0 aliphatic heterocycles. The summed E-state index contributed by atoms with van der Waals surface area (Å²) in [6, 6.07) is 8.31. The molecule has 0 saturated heterocycles. The number of hydrogen-bond donors (Lipinski definition) is 1. The lowest BCUT2D eigenvalue weighted by Gasteiger charge is -2.21. The van der Waals surface area contributed by atoms with Crippen LogP contribution in [0.5, 0.6) is 0 Å². The number of halogens is 1. The van der Waals surface area contributed by atoms with E-state index in [0.717, 1.165) is 17.3 Å². The molecular formula is C11H16BrNO. The molecule has 1 aromatic rings. The predicted octanol–water partition coefficient (Wildman–Crippen LogP) is 3.05. The van der Waals surface area contributed by atoms with E-state index in [4.69, 9.17) is 10.7 Å². The Hall–Kier alpha value is -0.380. The molecule has 0 saturated carbocycles. The molecule has 0 radical (unpaired) electrons. The highest BCUT2D eigenvalue weighted by Crippen LogP contribution is 2.17. The Bertz CT molecular complexity index is 282. The van der Waals surface area contributed by atoms with E-state index in [-0.39, 0.29) is 5.60 Å². The maximum absolute atomic E-state index is 5.19. The van der Waals surface area contributed by atoms with Gasteiger partial charge in [0.1, 0.15) is 0 Å². The van der Waals surface area contributed by atoms with Gasteiger partial charge >= 0.3 is 0 Å². The van der Waals surface area contributed by atoms with Gasteiger partial charge in [-0.3, -0.25) is 4.84 Å². The van der Waals surface area contributed by atoms with Crippen molar-refractivity contribution in [2.45, 2.75) is 32.3 Å². The van der Waals surface area contributed by atoms with Crippen molar-refractivity contribution in [3.63, 3.8) is 0 Å². The van der Waals surface area contributed by atoms with Gasteiger partial charge in [-0.05, 0) is 44.4 Å². The van der Waals surface area contributed by atoms with E-state index in [0.29, 0.717) is 0 Å². The van der Waals surface area contributed by atoms with E-state index in [1.165, 1.54) is 5.56 Å². The molecule has 0 unspecified atom stereocenters. The minimum absolute atomic E-state index is 0.243. The van der Waals surface area contributed by atoms with Crippen LogP contribution in [-0.2, 0) is 11.3 Å². The molecule has 2 N–H and O–H groups in total. The minimum atomic E-state index is -0.243. The maximum atomic E-state index is 5.19. The van der Waals surface area contributed by atoms with Crippen LogP contribution in [0.2, 0.25) is 0 Å². The second kappa shape index (κ2) is 4.91. The Balaban J connectivity index is 2.50. The summed E-state index contributed by atoms with van der Waals surface area (Å²) >= 11 is 3.41. The number of aryl methyl sites for hydroxylation is 1. The van der Waals surface area contributed by atoms with E-state index in [1.54, 1.807) is 0 Å². The molecule has 0 atom stereocenters. The molecule has 0 amide bonds. The van der Waals surface area contributed by atoms with Crippen LogP contribution in [0.15, 0.2) is 28.7 Å². The molecule has 0 fully saturated rings. The fourth-order valence-corrected chi connectivity index (χ4v) is 1.42. The zero-order valence-corrected chi connectivity index (χ0v) is 10.2. The minimum Gasteiger partial charge on any atom is -0.299 e. The first-order chi connectivity index (χ1) is 6.53. The standard InChI is InChI=1S/C11H16BrNO/c1-11(2,14-13)8-7-9-3-5-10(12)6-4-9/h3-6H,7-8,13H2,1-2H3. The molecule has 3 heteroatoms. The van der Waals surface area contributed by atoms with Gasteiger partial charge in [0.25, 0.3) is 0 Å². The van der Waals surface area contributed by atoms with Gasteiger partial charge in [-0.15, -0.1) is 0 Å². The molecule has 2 nitrogen and oxygen atoms in total. The van der Waals surface area contributed by atoms with Gasteiger partial charge < -0.3 is 0 Å². The van der Waals surface area contributed by atoms with E-state index in [2.05, 4.69) is 28.1 Å². The van der Waals surface area contributed by atoms with Gasteiger partial charge in [0.05, 0.1) is 5.60 Å². The molecule has 0 aliphatic carbocycles. The topological polar surface area (TPSA) is 35.2 Å². The number of benzene rings is 1. The summed E-state index contributed by atoms with van der Waals surface area (Å²) in [5, 5.41) is 0. The molecule has 1 rings (SSSR count). The van der Waals surface area contributed by atoms with E-state index >= 15 is 0 Å². The monoisotopic (exact) mass is 257 g/mol.